The van der Waals surface area contributed by atoms with Crippen LogP contribution in [0.2, 0.25) is 0 Å². The molecule has 1 aromatic heterocycles. The molecule has 0 atom stereocenters. The SMILES string of the molecule is O=C(c1cccc(F)c1)c1cc2cc(Br)ccc2o1. The minimum atomic E-state index is -0.440. The van der Waals surface area contributed by atoms with Crippen LogP contribution in [0.5, 0.6) is 0 Å². The summed E-state index contributed by atoms with van der Waals surface area (Å²) in [5.41, 5.74) is 0.904. The summed E-state index contributed by atoms with van der Waals surface area (Å²) in [6.07, 6.45) is 0. The fraction of sp³-hybridized carbons (Fsp3) is 0. The lowest BCUT2D eigenvalue weighted by atomic mass is 10.1. The van der Waals surface area contributed by atoms with Crippen molar-refractivity contribution in [3.05, 3.63) is 70.1 Å². The number of fused-ring (bicyclic) bond motifs is 1. The van der Waals surface area contributed by atoms with Crippen LogP contribution in [-0.2, 0) is 0 Å². The molecule has 0 amide bonds. The molecule has 0 saturated carbocycles. The number of hydrogen-bond acceptors (Lipinski definition) is 2. The smallest absolute Gasteiger partial charge is 0.228 e. The Hall–Kier alpha value is -1.94. The molecule has 0 bridgehead atoms. The van der Waals surface area contributed by atoms with Crippen LogP contribution in [-0.4, -0.2) is 5.78 Å². The highest BCUT2D eigenvalue weighted by atomic mass is 79.9. The molecule has 0 aliphatic carbocycles. The van der Waals surface area contributed by atoms with E-state index < -0.39 is 5.82 Å². The van der Waals surface area contributed by atoms with Gasteiger partial charge in [0.15, 0.2) is 5.76 Å². The summed E-state index contributed by atoms with van der Waals surface area (Å²) in [7, 11) is 0. The summed E-state index contributed by atoms with van der Waals surface area (Å²) < 4.78 is 19.5. The van der Waals surface area contributed by atoms with Crippen molar-refractivity contribution < 1.29 is 13.6 Å². The van der Waals surface area contributed by atoms with Gasteiger partial charge in [0.05, 0.1) is 0 Å². The zero-order valence-electron chi connectivity index (χ0n) is 9.69. The normalized spacial score (nSPS) is 10.8. The molecule has 94 valence electrons. The van der Waals surface area contributed by atoms with Gasteiger partial charge in [-0.05, 0) is 36.4 Å². The summed E-state index contributed by atoms with van der Waals surface area (Å²) in [4.78, 5) is 12.2. The minimum absolute atomic E-state index is 0.207. The van der Waals surface area contributed by atoms with Gasteiger partial charge < -0.3 is 4.42 Å². The fourth-order valence-corrected chi connectivity index (χ4v) is 2.28. The molecule has 3 aromatic rings. The second-order valence-corrected chi connectivity index (χ2v) is 5.05. The zero-order chi connectivity index (χ0) is 13.4. The molecule has 0 saturated heterocycles. The Labute approximate surface area is 117 Å². The van der Waals surface area contributed by atoms with Crippen LogP contribution < -0.4 is 0 Å². The van der Waals surface area contributed by atoms with Crippen molar-refractivity contribution in [1.29, 1.82) is 0 Å². The van der Waals surface area contributed by atoms with Crippen LogP contribution in [0.25, 0.3) is 11.0 Å². The van der Waals surface area contributed by atoms with Gasteiger partial charge in [-0.2, -0.15) is 0 Å². The predicted octanol–water partition coefficient (Wildman–Crippen LogP) is 4.57. The molecule has 3 rings (SSSR count). The van der Waals surface area contributed by atoms with Gasteiger partial charge in [0, 0.05) is 15.4 Å². The van der Waals surface area contributed by atoms with Crippen molar-refractivity contribution in [3.8, 4) is 0 Å². The third-order valence-electron chi connectivity index (χ3n) is 2.79. The minimum Gasteiger partial charge on any atom is -0.453 e. The van der Waals surface area contributed by atoms with Gasteiger partial charge in [0.2, 0.25) is 5.78 Å². The van der Waals surface area contributed by atoms with Gasteiger partial charge in [-0.25, -0.2) is 4.39 Å². The maximum atomic E-state index is 13.1. The lowest BCUT2D eigenvalue weighted by molar-refractivity contribution is 0.101. The van der Waals surface area contributed by atoms with Crippen molar-refractivity contribution in [3.63, 3.8) is 0 Å². The van der Waals surface area contributed by atoms with E-state index in [-0.39, 0.29) is 17.1 Å². The van der Waals surface area contributed by atoms with Crippen LogP contribution in [0.4, 0.5) is 4.39 Å². The van der Waals surface area contributed by atoms with E-state index in [9.17, 15) is 9.18 Å². The van der Waals surface area contributed by atoms with E-state index in [4.69, 9.17) is 4.42 Å². The number of carbonyl (C=O) groups excluding carboxylic acids is 1. The third kappa shape index (κ3) is 2.31. The van der Waals surface area contributed by atoms with Crippen molar-refractivity contribution in [2.24, 2.45) is 0 Å². The first-order chi connectivity index (χ1) is 9.13. The predicted molar refractivity (Wildman–Crippen MR) is 73.7 cm³/mol. The van der Waals surface area contributed by atoms with E-state index in [1.807, 2.05) is 12.1 Å². The summed E-state index contributed by atoms with van der Waals surface area (Å²) >= 11 is 3.36. The van der Waals surface area contributed by atoms with Gasteiger partial charge in [-0.3, -0.25) is 4.79 Å². The zero-order valence-corrected chi connectivity index (χ0v) is 11.3. The second-order valence-electron chi connectivity index (χ2n) is 4.13. The third-order valence-corrected chi connectivity index (χ3v) is 3.28. The molecule has 0 aliphatic heterocycles. The lowest BCUT2D eigenvalue weighted by Crippen LogP contribution is -1.99. The first-order valence-corrected chi connectivity index (χ1v) is 6.42. The summed E-state index contributed by atoms with van der Waals surface area (Å²) in [5, 5.41) is 0.828. The Kier molecular flexibility index (Phi) is 2.95. The molecule has 0 unspecified atom stereocenters. The van der Waals surface area contributed by atoms with E-state index in [1.165, 1.54) is 18.2 Å². The average molecular weight is 319 g/mol. The van der Waals surface area contributed by atoms with Gasteiger partial charge in [-0.1, -0.05) is 28.1 Å². The number of hydrogen-bond donors (Lipinski definition) is 0. The van der Waals surface area contributed by atoms with E-state index in [2.05, 4.69) is 15.9 Å². The first-order valence-electron chi connectivity index (χ1n) is 5.63. The molecule has 19 heavy (non-hydrogen) atoms. The molecule has 4 heteroatoms. The quantitative estimate of drug-likeness (QED) is 0.648. The van der Waals surface area contributed by atoms with Crippen LogP contribution in [0, 0.1) is 5.82 Å². The van der Waals surface area contributed by atoms with Gasteiger partial charge in [-0.15, -0.1) is 0 Å². The molecule has 1 heterocycles. The summed E-state index contributed by atoms with van der Waals surface area (Å²) in [6, 6.07) is 12.7. The van der Waals surface area contributed by atoms with Crippen molar-refractivity contribution in [2.45, 2.75) is 0 Å². The average Bonchev–Trinajstić information content (AvgIpc) is 2.80. The van der Waals surface area contributed by atoms with Gasteiger partial charge >= 0.3 is 0 Å². The molecular weight excluding hydrogens is 311 g/mol. The standard InChI is InChI=1S/C15H8BrFO2/c16-11-4-5-13-10(6-11)8-14(19-13)15(18)9-2-1-3-12(17)7-9/h1-8H. The molecule has 0 radical (unpaired) electrons. The number of rotatable bonds is 2. The fourth-order valence-electron chi connectivity index (χ4n) is 1.90. The lowest BCUT2D eigenvalue weighted by Gasteiger charge is -1.96. The van der Waals surface area contributed by atoms with Crippen molar-refractivity contribution in [1.82, 2.24) is 0 Å². The second kappa shape index (κ2) is 4.63. The Balaban J connectivity index is 2.06. The summed E-state index contributed by atoms with van der Waals surface area (Å²) in [5.74, 6) is -0.560. The highest BCUT2D eigenvalue weighted by molar-refractivity contribution is 9.10. The Morgan fingerprint density at radius 3 is 2.74 bits per heavy atom. The van der Waals surface area contributed by atoms with E-state index >= 15 is 0 Å². The number of carbonyl (C=O) groups is 1. The summed E-state index contributed by atoms with van der Waals surface area (Å²) in [6.45, 7) is 0. The van der Waals surface area contributed by atoms with Crippen molar-refractivity contribution in [2.75, 3.05) is 0 Å². The molecule has 0 aliphatic rings. The Bertz CT molecular complexity index is 777. The highest BCUT2D eigenvalue weighted by Gasteiger charge is 2.15. The van der Waals surface area contributed by atoms with Gasteiger partial charge in [0.25, 0.3) is 0 Å². The molecule has 0 N–H and O–H groups in total. The Morgan fingerprint density at radius 1 is 1.11 bits per heavy atom. The first kappa shape index (κ1) is 12.1. The van der Waals surface area contributed by atoms with Crippen LogP contribution in [0.1, 0.15) is 16.1 Å². The monoisotopic (exact) mass is 318 g/mol. The molecule has 2 nitrogen and oxygen atoms in total. The molecule has 2 aromatic carbocycles. The molecule has 0 spiro atoms. The number of ketones is 1. The Morgan fingerprint density at radius 2 is 1.95 bits per heavy atom. The van der Waals surface area contributed by atoms with E-state index in [0.717, 1.165) is 9.86 Å². The molecule has 0 fully saturated rings. The van der Waals surface area contributed by atoms with Crippen LogP contribution in [0.3, 0.4) is 0 Å². The van der Waals surface area contributed by atoms with Crippen LogP contribution >= 0.6 is 15.9 Å². The number of halogens is 2. The number of furan rings is 1. The maximum Gasteiger partial charge on any atom is 0.228 e. The molecular formula is C15H8BrFO2. The van der Waals surface area contributed by atoms with Gasteiger partial charge in [0.1, 0.15) is 11.4 Å². The topological polar surface area (TPSA) is 30.2 Å². The van der Waals surface area contributed by atoms with Crippen molar-refractivity contribution >= 4 is 32.7 Å². The maximum absolute atomic E-state index is 13.1. The van der Waals surface area contributed by atoms with Crippen LogP contribution in [0.15, 0.2) is 57.4 Å². The largest absolute Gasteiger partial charge is 0.453 e. The highest BCUT2D eigenvalue weighted by Crippen LogP contribution is 2.24. The van der Waals surface area contributed by atoms with E-state index in [1.54, 1.807) is 18.2 Å². The van der Waals surface area contributed by atoms with E-state index in [0.29, 0.717) is 5.58 Å². The number of benzene rings is 2.